The van der Waals surface area contributed by atoms with Gasteiger partial charge in [0, 0.05) is 64.7 Å². The summed E-state index contributed by atoms with van der Waals surface area (Å²) in [5, 5.41) is 11.5. The van der Waals surface area contributed by atoms with Gasteiger partial charge in [0.2, 0.25) is 5.91 Å². The molecule has 0 bridgehead atoms. The number of carbonyl (C=O) groups excluding carboxylic acids is 1. The SMILES string of the molecule is CN1C(=O)CC(c2cnn(C)c2)C12CCN(Cc1cccnc1)CC2.O=C(O)C(F)(F)F. The molecule has 2 aromatic heterocycles. The lowest BCUT2D eigenvalue weighted by Gasteiger charge is -2.46. The van der Waals surface area contributed by atoms with Gasteiger partial charge in [0.25, 0.3) is 0 Å². The minimum atomic E-state index is -5.08. The van der Waals surface area contributed by atoms with Crippen molar-refractivity contribution in [1.29, 1.82) is 0 Å². The van der Waals surface area contributed by atoms with Crippen molar-refractivity contribution >= 4 is 11.9 Å². The Hall–Kier alpha value is -2.95. The van der Waals surface area contributed by atoms with Gasteiger partial charge in [-0.05, 0) is 30.0 Å². The van der Waals surface area contributed by atoms with Crippen LogP contribution in [0.25, 0.3) is 0 Å². The molecule has 1 N–H and O–H groups in total. The fourth-order valence-electron chi connectivity index (χ4n) is 4.56. The van der Waals surface area contributed by atoms with Crippen molar-refractivity contribution in [2.75, 3.05) is 20.1 Å². The van der Waals surface area contributed by atoms with E-state index in [0.29, 0.717) is 6.42 Å². The number of carboxylic acids is 1. The molecule has 1 atom stereocenters. The zero-order valence-electron chi connectivity index (χ0n) is 17.9. The van der Waals surface area contributed by atoms with Crippen LogP contribution in [-0.4, -0.2) is 73.4 Å². The smallest absolute Gasteiger partial charge is 0.475 e. The first-order valence-corrected chi connectivity index (χ1v) is 10.2. The topological polar surface area (TPSA) is 91.6 Å². The molecule has 0 aliphatic carbocycles. The average molecular weight is 453 g/mol. The maximum absolute atomic E-state index is 12.5. The highest BCUT2D eigenvalue weighted by Gasteiger charge is 2.52. The second kappa shape index (κ2) is 9.27. The Labute approximate surface area is 183 Å². The maximum Gasteiger partial charge on any atom is 0.490 e. The van der Waals surface area contributed by atoms with Gasteiger partial charge < -0.3 is 10.0 Å². The predicted octanol–water partition coefficient (Wildman–Crippen LogP) is 2.43. The van der Waals surface area contributed by atoms with Crippen LogP contribution < -0.4 is 0 Å². The number of carbonyl (C=O) groups is 2. The van der Waals surface area contributed by atoms with Gasteiger partial charge in [-0.25, -0.2) is 4.79 Å². The normalized spacial score (nSPS) is 20.8. The van der Waals surface area contributed by atoms with Crippen molar-refractivity contribution in [3.8, 4) is 0 Å². The summed E-state index contributed by atoms with van der Waals surface area (Å²) in [5.41, 5.74) is 2.38. The number of amides is 1. The summed E-state index contributed by atoms with van der Waals surface area (Å²) in [4.78, 5) is 30.1. The van der Waals surface area contributed by atoms with Crippen LogP contribution >= 0.6 is 0 Å². The molecule has 1 amide bonds. The van der Waals surface area contributed by atoms with Crippen LogP contribution in [-0.2, 0) is 23.2 Å². The highest BCUT2D eigenvalue weighted by atomic mass is 19.4. The number of carboxylic acid groups (broad SMARTS) is 1. The molecule has 1 spiro atoms. The first-order valence-electron chi connectivity index (χ1n) is 10.2. The van der Waals surface area contributed by atoms with Crippen LogP contribution in [0, 0.1) is 0 Å². The standard InChI is InChI=1S/C19H25N5O.C2HF3O2/c1-22-14-16(12-21-22)17-10-18(25)23(2)19(17)5-8-24(9-6-19)13-15-4-3-7-20-11-15;3-2(4,5)1(6)7/h3-4,7,11-12,14,17H,5-6,8-10,13H2,1-2H3;(H,6,7). The Kier molecular flexibility index (Phi) is 6.87. The molecule has 32 heavy (non-hydrogen) atoms. The summed E-state index contributed by atoms with van der Waals surface area (Å²) in [6, 6.07) is 4.11. The monoisotopic (exact) mass is 453 g/mol. The van der Waals surface area contributed by atoms with E-state index in [1.165, 1.54) is 11.1 Å². The first-order chi connectivity index (χ1) is 15.0. The van der Waals surface area contributed by atoms with E-state index in [9.17, 15) is 18.0 Å². The molecule has 4 heterocycles. The second-order valence-corrected chi connectivity index (χ2v) is 8.20. The summed E-state index contributed by atoms with van der Waals surface area (Å²) >= 11 is 0. The lowest BCUT2D eigenvalue weighted by atomic mass is 9.74. The number of aliphatic carboxylic acids is 1. The third-order valence-corrected chi connectivity index (χ3v) is 6.29. The zero-order valence-corrected chi connectivity index (χ0v) is 17.9. The van der Waals surface area contributed by atoms with E-state index in [1.807, 2.05) is 48.3 Å². The summed E-state index contributed by atoms with van der Waals surface area (Å²) in [6.07, 6.45) is 5.29. The largest absolute Gasteiger partial charge is 0.490 e. The Balaban J connectivity index is 0.000000360. The van der Waals surface area contributed by atoms with E-state index in [2.05, 4.69) is 27.2 Å². The number of hydrogen-bond acceptors (Lipinski definition) is 5. The predicted molar refractivity (Wildman–Crippen MR) is 109 cm³/mol. The Morgan fingerprint density at radius 1 is 1.25 bits per heavy atom. The number of nitrogens with zero attached hydrogens (tertiary/aromatic N) is 5. The molecule has 2 aliphatic heterocycles. The van der Waals surface area contributed by atoms with E-state index >= 15 is 0 Å². The van der Waals surface area contributed by atoms with E-state index in [4.69, 9.17) is 9.90 Å². The third-order valence-electron chi connectivity index (χ3n) is 6.29. The van der Waals surface area contributed by atoms with Crippen LogP contribution in [0.15, 0.2) is 36.9 Å². The molecule has 2 fully saturated rings. The van der Waals surface area contributed by atoms with Crippen molar-refractivity contribution in [2.24, 2.45) is 7.05 Å². The van der Waals surface area contributed by atoms with Crippen LogP contribution in [0.3, 0.4) is 0 Å². The van der Waals surface area contributed by atoms with Gasteiger partial charge in [0.15, 0.2) is 0 Å². The number of likely N-dealkylation sites (tertiary alicyclic amines) is 2. The molecule has 2 aromatic rings. The van der Waals surface area contributed by atoms with Crippen molar-refractivity contribution < 1.29 is 27.9 Å². The van der Waals surface area contributed by atoms with Gasteiger partial charge in [-0.3, -0.25) is 19.4 Å². The average Bonchev–Trinajstić information content (AvgIpc) is 3.27. The first kappa shape index (κ1) is 23.7. The van der Waals surface area contributed by atoms with Gasteiger partial charge in [-0.2, -0.15) is 18.3 Å². The summed E-state index contributed by atoms with van der Waals surface area (Å²) < 4.78 is 33.6. The van der Waals surface area contributed by atoms with Gasteiger partial charge in [-0.15, -0.1) is 0 Å². The number of pyridine rings is 1. The van der Waals surface area contributed by atoms with Crippen molar-refractivity contribution in [3.05, 3.63) is 48.0 Å². The molecule has 174 valence electrons. The number of hydrogen-bond donors (Lipinski definition) is 1. The summed E-state index contributed by atoms with van der Waals surface area (Å²) in [6.45, 7) is 2.94. The molecule has 0 saturated carbocycles. The van der Waals surface area contributed by atoms with Gasteiger partial charge in [-0.1, -0.05) is 6.07 Å². The van der Waals surface area contributed by atoms with Crippen molar-refractivity contribution in [3.63, 3.8) is 0 Å². The van der Waals surface area contributed by atoms with Crippen LogP contribution in [0.4, 0.5) is 13.2 Å². The highest BCUT2D eigenvalue weighted by molar-refractivity contribution is 5.81. The highest BCUT2D eigenvalue weighted by Crippen LogP contribution is 2.48. The van der Waals surface area contributed by atoms with E-state index in [-0.39, 0.29) is 17.4 Å². The number of aryl methyl sites for hydroxylation is 1. The number of halogens is 3. The molecule has 2 saturated heterocycles. The molecule has 1 unspecified atom stereocenters. The number of piperidine rings is 1. The fraction of sp³-hybridized carbons (Fsp3) is 0.524. The third kappa shape index (κ3) is 5.09. The number of likely N-dealkylation sites (N-methyl/N-ethyl adjacent to an activating group) is 1. The quantitative estimate of drug-likeness (QED) is 0.768. The summed E-state index contributed by atoms with van der Waals surface area (Å²) in [5.74, 6) is -2.25. The lowest BCUT2D eigenvalue weighted by molar-refractivity contribution is -0.192. The Morgan fingerprint density at radius 2 is 1.91 bits per heavy atom. The van der Waals surface area contributed by atoms with E-state index in [1.54, 1.807) is 0 Å². The lowest BCUT2D eigenvalue weighted by Crippen LogP contribution is -2.53. The van der Waals surface area contributed by atoms with Crippen LogP contribution in [0.1, 0.15) is 36.3 Å². The van der Waals surface area contributed by atoms with Crippen molar-refractivity contribution in [1.82, 2.24) is 24.6 Å². The molecular weight excluding hydrogens is 427 g/mol. The maximum atomic E-state index is 12.5. The Morgan fingerprint density at radius 3 is 2.41 bits per heavy atom. The van der Waals surface area contributed by atoms with E-state index < -0.39 is 12.1 Å². The van der Waals surface area contributed by atoms with Crippen LogP contribution in [0.5, 0.6) is 0 Å². The van der Waals surface area contributed by atoms with Gasteiger partial charge >= 0.3 is 12.1 Å². The molecule has 2 aliphatic rings. The van der Waals surface area contributed by atoms with E-state index in [0.717, 1.165) is 32.5 Å². The fourth-order valence-corrected chi connectivity index (χ4v) is 4.56. The molecule has 0 radical (unpaired) electrons. The van der Waals surface area contributed by atoms with Gasteiger partial charge in [0.05, 0.1) is 11.7 Å². The number of alkyl halides is 3. The minimum Gasteiger partial charge on any atom is -0.475 e. The zero-order chi connectivity index (χ0) is 23.5. The minimum absolute atomic E-state index is 0.0639. The molecule has 0 aromatic carbocycles. The molecule has 11 heteroatoms. The number of aromatic nitrogens is 3. The molecular formula is C21H26F3N5O3. The molecule has 4 rings (SSSR count). The van der Waals surface area contributed by atoms with Crippen LogP contribution in [0.2, 0.25) is 0 Å². The van der Waals surface area contributed by atoms with Crippen molar-refractivity contribution in [2.45, 2.75) is 43.4 Å². The second-order valence-electron chi connectivity index (χ2n) is 8.20. The summed E-state index contributed by atoms with van der Waals surface area (Å²) in [7, 11) is 3.92. The molecule has 8 nitrogen and oxygen atoms in total. The van der Waals surface area contributed by atoms with Gasteiger partial charge in [0.1, 0.15) is 0 Å². The Bertz CT molecular complexity index is 940. The number of rotatable bonds is 3.